The summed E-state index contributed by atoms with van der Waals surface area (Å²) >= 11 is 0. The topological polar surface area (TPSA) is 405 Å². The minimum absolute atomic E-state index is 0.0184. The summed E-state index contributed by atoms with van der Waals surface area (Å²) in [6, 6.07) is 24.5. The summed E-state index contributed by atoms with van der Waals surface area (Å²) in [6.45, 7) is 8.08. The second-order valence-corrected chi connectivity index (χ2v) is 25.4. The molecule has 554 valence electrons. The molecule has 0 saturated heterocycles. The number of aromatic hydroxyl groups is 6. The van der Waals surface area contributed by atoms with Crippen LogP contribution in [0.3, 0.4) is 0 Å². The first kappa shape index (κ1) is 78.5. The van der Waals surface area contributed by atoms with Crippen molar-refractivity contribution in [3.05, 3.63) is 237 Å². The third-order valence-corrected chi connectivity index (χ3v) is 18.6. The molecular formula is C83H78O24. The van der Waals surface area contributed by atoms with Gasteiger partial charge in [0, 0.05) is 67.7 Å². The summed E-state index contributed by atoms with van der Waals surface area (Å²) in [5.41, 5.74) is 5.27. The molecule has 0 spiro atoms. The zero-order valence-electron chi connectivity index (χ0n) is 59.2. The maximum atomic E-state index is 12.0. The third kappa shape index (κ3) is 17.6. The van der Waals surface area contributed by atoms with Crippen molar-refractivity contribution in [1.82, 2.24) is 0 Å². The van der Waals surface area contributed by atoms with Crippen molar-refractivity contribution in [2.45, 2.75) is 150 Å². The lowest BCUT2D eigenvalue weighted by atomic mass is 9.90. The van der Waals surface area contributed by atoms with Crippen LogP contribution < -0.4 is 33.8 Å². The van der Waals surface area contributed by atoms with E-state index in [0.29, 0.717) is 60.3 Å². The van der Waals surface area contributed by atoms with Gasteiger partial charge < -0.3 is 57.1 Å². The number of rotatable bonds is 16. The second kappa shape index (κ2) is 36.2. The smallest absolute Gasteiger partial charge is 0.339 e. The molecule has 14 rings (SSSR count). The van der Waals surface area contributed by atoms with Crippen molar-refractivity contribution in [3.63, 3.8) is 0 Å². The molecule has 24 heteroatoms. The average molecular weight is 1460 g/mol. The Morgan fingerprint density at radius 2 is 0.551 bits per heavy atom. The van der Waals surface area contributed by atoms with Crippen molar-refractivity contribution in [2.24, 2.45) is 0 Å². The molecule has 0 aliphatic heterocycles. The van der Waals surface area contributed by atoms with Crippen molar-refractivity contribution in [3.8, 4) is 34.5 Å². The van der Waals surface area contributed by atoms with E-state index in [4.69, 9.17) is 26.5 Å². The fourth-order valence-corrected chi connectivity index (χ4v) is 13.2. The quantitative estimate of drug-likeness (QED) is 0.0226. The van der Waals surface area contributed by atoms with Gasteiger partial charge in [0.25, 0.3) is 0 Å². The number of aldehydes is 6. The van der Waals surface area contributed by atoms with Crippen LogP contribution in [0.15, 0.2) is 152 Å². The van der Waals surface area contributed by atoms with E-state index in [-0.39, 0.29) is 113 Å². The van der Waals surface area contributed by atoms with E-state index >= 15 is 0 Å². The summed E-state index contributed by atoms with van der Waals surface area (Å²) in [5.74, 6) is -1.01. The molecular weight excluding hydrogens is 1380 g/mol. The lowest BCUT2D eigenvalue weighted by Gasteiger charge is -2.16. The molecule has 0 bridgehead atoms. The van der Waals surface area contributed by atoms with Crippen LogP contribution in [0, 0.1) is 0 Å². The number of carbonyl (C=O) groups excluding carboxylic acids is 6. The van der Waals surface area contributed by atoms with E-state index in [2.05, 4.69) is 13.8 Å². The lowest BCUT2D eigenvalue weighted by Crippen LogP contribution is -2.16. The molecule has 0 saturated carbocycles. The van der Waals surface area contributed by atoms with Crippen molar-refractivity contribution in [1.29, 1.82) is 0 Å². The number of fused-ring (bicyclic) bond motifs is 10. The number of phenols is 6. The Morgan fingerprint density at radius 1 is 0.290 bits per heavy atom. The Bertz CT molecular complexity index is 5760. The predicted molar refractivity (Wildman–Crippen MR) is 400 cm³/mol. The fraction of sp³-hybridized carbons (Fsp3) is 0.277. The first-order valence-electron chi connectivity index (χ1n) is 35.1. The maximum absolute atomic E-state index is 12.0. The number of hydrogen-bond acceptors (Lipinski definition) is 24. The average Bonchev–Trinajstić information content (AvgIpc) is 1.75. The molecule has 107 heavy (non-hydrogen) atoms. The largest absolute Gasteiger partial charge is 0.507 e. The molecule has 0 radical (unpaired) electrons. The van der Waals surface area contributed by atoms with Gasteiger partial charge in [0.1, 0.15) is 34.5 Å². The standard InChI is InChI=1S/C15H14O4.C15H16O4.C14H12O4.C14H14O4.C13H12O4.C12H10O4/c16-8-12-13(17)7-6-10-9-4-2-1-3-5-11(9)15(18)19-14(10)12;1-2-3-4-5-10-8-14(18)19-15-11(10)6-7-13(17)12(15)9-16;15-7-11-12(16)6-5-9-8-3-1-2-4-10(8)14(17)18-13(9)11;1-2-3-4-9-7-13(17)18-14-10(9)5-6-12(16)11(14)8-15;1-2-3-8-6-12(16)17-13-9(8)4-5-11(15)10(13)7-14;1-2-7-5-11(15)16-12-8(7)3-4-10(14)9(12)6-13/h6-8,17H,1-5H2;6-9,17H,2-5H2,1H3;5-7,16H,1-4H2;5-8,16H,2-4H2,1H3;4-7,15H,2-3H2,1H3;3-6,14H,2H2,1H3. The van der Waals surface area contributed by atoms with Crippen LogP contribution in [0.25, 0.3) is 65.8 Å². The number of hydrogen-bond donors (Lipinski definition) is 6. The maximum Gasteiger partial charge on any atom is 0.339 e. The van der Waals surface area contributed by atoms with Crippen LogP contribution in [0.2, 0.25) is 0 Å². The van der Waals surface area contributed by atoms with E-state index in [1.165, 1.54) is 60.7 Å². The van der Waals surface area contributed by atoms with Gasteiger partial charge >= 0.3 is 33.8 Å². The predicted octanol–water partition coefficient (Wildman–Crippen LogP) is 14.6. The van der Waals surface area contributed by atoms with Gasteiger partial charge in [0.05, 0.1) is 33.4 Å². The number of phenolic OH excluding ortho intramolecular Hbond substituents is 6. The number of carbonyl (C=O) groups is 6. The van der Waals surface area contributed by atoms with Crippen LogP contribution in [-0.2, 0) is 51.4 Å². The number of benzene rings is 6. The molecule has 6 N–H and O–H groups in total. The Balaban J connectivity index is 0.000000148. The molecule has 2 aliphatic rings. The van der Waals surface area contributed by atoms with Crippen molar-refractivity contribution < 1.29 is 85.9 Å². The monoisotopic (exact) mass is 1460 g/mol. The van der Waals surface area contributed by atoms with Gasteiger partial charge in [0.15, 0.2) is 71.2 Å². The van der Waals surface area contributed by atoms with Crippen molar-refractivity contribution in [2.75, 3.05) is 0 Å². The van der Waals surface area contributed by atoms with Gasteiger partial charge in [-0.1, -0.05) is 59.8 Å². The van der Waals surface area contributed by atoms with E-state index < -0.39 is 22.5 Å². The van der Waals surface area contributed by atoms with Gasteiger partial charge in [-0.25, -0.2) is 28.8 Å². The van der Waals surface area contributed by atoms with Gasteiger partial charge in [-0.2, -0.15) is 0 Å². The normalized spacial score (nSPS) is 12.1. The van der Waals surface area contributed by atoms with Gasteiger partial charge in [-0.15, -0.1) is 0 Å². The Morgan fingerprint density at radius 3 is 0.850 bits per heavy atom. The van der Waals surface area contributed by atoms with E-state index in [9.17, 15) is 88.2 Å². The first-order chi connectivity index (χ1) is 51.6. The summed E-state index contributed by atoms with van der Waals surface area (Å²) in [5, 5.41) is 61.8. The zero-order valence-corrected chi connectivity index (χ0v) is 59.2. The number of unbranched alkanes of at least 4 members (excludes halogenated alkanes) is 3. The van der Waals surface area contributed by atoms with Crippen LogP contribution in [0.4, 0.5) is 0 Å². The Kier molecular flexibility index (Phi) is 26.6. The SMILES string of the molecule is CCCCCc1cc(=O)oc2c(C=O)c(O)ccc12.CCCCc1cc(=O)oc2c(C=O)c(O)ccc12.CCCc1cc(=O)oc2c(C=O)c(O)ccc12.CCc1cc(=O)oc2c(C=O)c(O)ccc12.O=Cc1c(O)ccc2c3c(c(=O)oc12)CCCC3.O=Cc1c(O)ccc2c3c(c(=O)oc12)CCCCC3. The lowest BCUT2D eigenvalue weighted by molar-refractivity contribution is 0.111. The Hall–Kier alpha value is -12.6. The summed E-state index contributed by atoms with van der Waals surface area (Å²) < 4.78 is 30.6. The third-order valence-electron chi connectivity index (χ3n) is 18.6. The minimum Gasteiger partial charge on any atom is -0.507 e. The molecule has 0 fully saturated rings. The summed E-state index contributed by atoms with van der Waals surface area (Å²) in [6.07, 6.45) is 20.2. The summed E-state index contributed by atoms with van der Waals surface area (Å²) in [4.78, 5) is 135. The fourth-order valence-electron chi connectivity index (χ4n) is 13.2. The highest BCUT2D eigenvalue weighted by Crippen LogP contribution is 2.36. The second-order valence-electron chi connectivity index (χ2n) is 25.4. The van der Waals surface area contributed by atoms with E-state index in [0.717, 1.165) is 176 Å². The molecule has 12 aromatic rings. The number of aryl methyl sites for hydroxylation is 6. The van der Waals surface area contributed by atoms with Gasteiger partial charge in [0.2, 0.25) is 0 Å². The molecule has 0 atom stereocenters. The zero-order chi connectivity index (χ0) is 77.2. The molecule has 6 aromatic carbocycles. The van der Waals surface area contributed by atoms with E-state index in [1.807, 2.05) is 13.8 Å². The van der Waals surface area contributed by atoms with Crippen molar-refractivity contribution >= 4 is 104 Å². The molecule has 2 aliphatic carbocycles. The highest BCUT2D eigenvalue weighted by atomic mass is 16.4. The molecule has 0 amide bonds. The molecule has 6 aromatic heterocycles. The van der Waals surface area contributed by atoms with E-state index in [1.54, 1.807) is 36.4 Å². The highest BCUT2D eigenvalue weighted by molar-refractivity contribution is 6.03. The minimum atomic E-state index is -0.516. The van der Waals surface area contributed by atoms with Crippen LogP contribution in [0.5, 0.6) is 34.5 Å². The molecule has 6 heterocycles. The van der Waals surface area contributed by atoms with Crippen LogP contribution in [0.1, 0.15) is 205 Å². The van der Waals surface area contributed by atoms with Crippen LogP contribution in [-0.4, -0.2) is 68.4 Å². The van der Waals surface area contributed by atoms with Crippen LogP contribution >= 0.6 is 0 Å². The highest BCUT2D eigenvalue weighted by Gasteiger charge is 2.24. The van der Waals surface area contributed by atoms with Gasteiger partial charge in [-0.3, -0.25) is 28.8 Å². The first-order valence-corrected chi connectivity index (χ1v) is 35.1. The molecule has 24 nitrogen and oxygen atoms in total. The molecule has 0 unspecified atom stereocenters. The summed E-state index contributed by atoms with van der Waals surface area (Å²) in [7, 11) is 0. The van der Waals surface area contributed by atoms with Gasteiger partial charge in [-0.05, 0) is 196 Å². The Labute approximate surface area is 608 Å².